The summed E-state index contributed by atoms with van der Waals surface area (Å²) in [6.07, 6.45) is 6.02. The van der Waals surface area contributed by atoms with Gasteiger partial charge in [-0.05, 0) is 43.1 Å². The number of rotatable bonds is 8. The molecule has 0 aliphatic rings. The van der Waals surface area contributed by atoms with E-state index in [-0.39, 0.29) is 6.54 Å². The second-order valence-electron chi connectivity index (χ2n) is 4.91. The van der Waals surface area contributed by atoms with Crippen molar-refractivity contribution in [1.82, 2.24) is 9.62 Å². The van der Waals surface area contributed by atoms with Crippen molar-refractivity contribution in [2.75, 3.05) is 19.6 Å². The Hall–Kier alpha value is -1.35. The third-order valence-electron chi connectivity index (χ3n) is 3.26. The van der Waals surface area contributed by atoms with E-state index >= 15 is 0 Å². The molecule has 0 amide bonds. The van der Waals surface area contributed by atoms with Gasteiger partial charge in [-0.2, -0.15) is 4.31 Å². The minimum absolute atomic E-state index is 0.104. The zero-order valence-corrected chi connectivity index (χ0v) is 13.8. The first-order valence-electron chi connectivity index (χ1n) is 7.21. The fourth-order valence-corrected chi connectivity index (χ4v) is 3.54. The topological polar surface area (TPSA) is 49.4 Å². The maximum Gasteiger partial charge on any atom is 0.243 e. The van der Waals surface area contributed by atoms with E-state index < -0.39 is 10.0 Å². The van der Waals surface area contributed by atoms with Crippen molar-refractivity contribution >= 4 is 10.0 Å². The van der Waals surface area contributed by atoms with Crippen molar-refractivity contribution in [3.63, 3.8) is 0 Å². The third kappa shape index (κ3) is 4.57. The normalized spacial score (nSPS) is 11.6. The van der Waals surface area contributed by atoms with E-state index in [1.165, 1.54) is 4.31 Å². The predicted octanol–water partition coefficient (Wildman–Crippen LogP) is 2.14. The lowest BCUT2D eigenvalue weighted by Crippen LogP contribution is -2.32. The first kappa shape index (κ1) is 17.7. The van der Waals surface area contributed by atoms with Crippen LogP contribution in [0.2, 0.25) is 0 Å². The lowest BCUT2D eigenvalue weighted by Gasteiger charge is -2.20. The quantitative estimate of drug-likeness (QED) is 0.749. The van der Waals surface area contributed by atoms with Crippen molar-refractivity contribution in [2.24, 2.45) is 0 Å². The van der Waals surface area contributed by atoms with Gasteiger partial charge in [-0.3, -0.25) is 0 Å². The zero-order chi connectivity index (χ0) is 15.9. The van der Waals surface area contributed by atoms with Gasteiger partial charge in [0.25, 0.3) is 0 Å². The van der Waals surface area contributed by atoms with Crippen LogP contribution in [0.5, 0.6) is 0 Å². The standard InChI is InChI=1S/C16H24N2O2S/c1-5-10-18(11-6-2)21(19,20)16-9-8-14(4)15(12-16)13-17-7-3/h1,8-9,12,17H,6-7,10-11,13H2,2-4H3. The largest absolute Gasteiger partial charge is 0.313 e. The van der Waals surface area contributed by atoms with Crippen LogP contribution in [0.1, 0.15) is 31.4 Å². The molecule has 0 unspecified atom stereocenters. The minimum atomic E-state index is -3.53. The van der Waals surface area contributed by atoms with E-state index in [0.717, 1.165) is 24.1 Å². The molecule has 0 fully saturated rings. The van der Waals surface area contributed by atoms with Crippen LogP contribution in [-0.2, 0) is 16.6 Å². The summed E-state index contributed by atoms with van der Waals surface area (Å²) < 4.78 is 26.7. The van der Waals surface area contributed by atoms with Crippen molar-refractivity contribution in [2.45, 2.75) is 38.6 Å². The van der Waals surface area contributed by atoms with Crippen LogP contribution in [0.3, 0.4) is 0 Å². The Morgan fingerprint density at radius 2 is 2.05 bits per heavy atom. The first-order chi connectivity index (χ1) is 9.97. The maximum absolute atomic E-state index is 12.7. The Morgan fingerprint density at radius 1 is 1.33 bits per heavy atom. The van der Waals surface area contributed by atoms with E-state index in [2.05, 4.69) is 11.2 Å². The molecule has 0 spiro atoms. The molecule has 0 aliphatic carbocycles. The average molecular weight is 308 g/mol. The van der Waals surface area contributed by atoms with Crippen LogP contribution in [0, 0.1) is 19.3 Å². The smallest absolute Gasteiger partial charge is 0.243 e. The van der Waals surface area contributed by atoms with Gasteiger partial charge in [0, 0.05) is 13.1 Å². The summed E-state index contributed by atoms with van der Waals surface area (Å²) in [6, 6.07) is 5.24. The molecule has 0 bridgehead atoms. The molecule has 1 rings (SSSR count). The van der Waals surface area contributed by atoms with E-state index in [1.54, 1.807) is 12.1 Å². The highest BCUT2D eigenvalue weighted by molar-refractivity contribution is 7.89. The molecule has 5 heteroatoms. The van der Waals surface area contributed by atoms with Gasteiger partial charge in [-0.1, -0.05) is 25.8 Å². The molecule has 1 aromatic carbocycles. The van der Waals surface area contributed by atoms with Gasteiger partial charge in [-0.25, -0.2) is 8.42 Å². The van der Waals surface area contributed by atoms with Gasteiger partial charge in [0.1, 0.15) is 0 Å². The highest BCUT2D eigenvalue weighted by Gasteiger charge is 2.23. The average Bonchev–Trinajstić information content (AvgIpc) is 2.46. The summed E-state index contributed by atoms with van der Waals surface area (Å²) in [5.41, 5.74) is 2.07. The molecule has 0 saturated carbocycles. The third-order valence-corrected chi connectivity index (χ3v) is 5.11. The Kier molecular flexibility index (Phi) is 6.90. The van der Waals surface area contributed by atoms with Gasteiger partial charge in [-0.15, -0.1) is 6.42 Å². The monoisotopic (exact) mass is 308 g/mol. The van der Waals surface area contributed by atoms with Crippen LogP contribution < -0.4 is 5.32 Å². The molecular weight excluding hydrogens is 284 g/mol. The van der Waals surface area contributed by atoms with Gasteiger partial charge in [0.15, 0.2) is 0 Å². The van der Waals surface area contributed by atoms with E-state index in [9.17, 15) is 8.42 Å². The first-order valence-corrected chi connectivity index (χ1v) is 8.65. The molecule has 21 heavy (non-hydrogen) atoms. The number of benzene rings is 1. The zero-order valence-electron chi connectivity index (χ0n) is 13.0. The van der Waals surface area contributed by atoms with Crippen molar-refractivity contribution in [3.05, 3.63) is 29.3 Å². The Balaban J connectivity index is 3.15. The highest BCUT2D eigenvalue weighted by atomic mass is 32.2. The number of nitrogens with zero attached hydrogens (tertiary/aromatic N) is 1. The maximum atomic E-state index is 12.7. The molecule has 0 aromatic heterocycles. The van der Waals surface area contributed by atoms with Crippen LogP contribution >= 0.6 is 0 Å². The van der Waals surface area contributed by atoms with Crippen LogP contribution in [0.25, 0.3) is 0 Å². The molecular formula is C16H24N2O2S. The van der Waals surface area contributed by atoms with Gasteiger partial charge >= 0.3 is 0 Å². The summed E-state index contributed by atoms with van der Waals surface area (Å²) in [5, 5.41) is 3.22. The Labute approximate surface area is 128 Å². The predicted molar refractivity (Wildman–Crippen MR) is 86.4 cm³/mol. The van der Waals surface area contributed by atoms with E-state index in [1.807, 2.05) is 26.8 Å². The summed E-state index contributed by atoms with van der Waals surface area (Å²) in [7, 11) is -3.53. The van der Waals surface area contributed by atoms with Gasteiger partial charge < -0.3 is 5.32 Å². The Morgan fingerprint density at radius 3 is 2.62 bits per heavy atom. The van der Waals surface area contributed by atoms with Crippen LogP contribution in [0.15, 0.2) is 23.1 Å². The van der Waals surface area contributed by atoms with Crippen molar-refractivity contribution < 1.29 is 8.42 Å². The number of sulfonamides is 1. The Bertz CT molecular complexity index is 603. The number of hydrogen-bond donors (Lipinski definition) is 1. The highest BCUT2D eigenvalue weighted by Crippen LogP contribution is 2.19. The minimum Gasteiger partial charge on any atom is -0.313 e. The number of nitrogens with one attached hydrogen (secondary N) is 1. The van der Waals surface area contributed by atoms with E-state index in [4.69, 9.17) is 6.42 Å². The van der Waals surface area contributed by atoms with Crippen molar-refractivity contribution in [1.29, 1.82) is 0 Å². The SMILES string of the molecule is C#CCN(CCC)S(=O)(=O)c1ccc(C)c(CNCC)c1. The lowest BCUT2D eigenvalue weighted by molar-refractivity contribution is 0.445. The molecule has 1 aromatic rings. The molecule has 0 radical (unpaired) electrons. The van der Waals surface area contributed by atoms with Gasteiger partial charge in [0.2, 0.25) is 10.0 Å². The number of terminal acetylenes is 1. The lowest BCUT2D eigenvalue weighted by atomic mass is 10.1. The molecule has 0 atom stereocenters. The molecule has 116 valence electrons. The summed E-state index contributed by atoms with van der Waals surface area (Å²) in [4.78, 5) is 0.310. The second-order valence-corrected chi connectivity index (χ2v) is 6.85. The van der Waals surface area contributed by atoms with E-state index in [0.29, 0.717) is 18.0 Å². The summed E-state index contributed by atoms with van der Waals surface area (Å²) in [5.74, 6) is 2.42. The fraction of sp³-hybridized carbons (Fsp3) is 0.500. The van der Waals surface area contributed by atoms with Gasteiger partial charge in [0.05, 0.1) is 11.4 Å². The van der Waals surface area contributed by atoms with Crippen LogP contribution in [-0.4, -0.2) is 32.4 Å². The summed E-state index contributed by atoms with van der Waals surface area (Å²) in [6.45, 7) is 7.98. The molecule has 4 nitrogen and oxygen atoms in total. The van der Waals surface area contributed by atoms with Crippen molar-refractivity contribution in [3.8, 4) is 12.3 Å². The molecule has 1 N–H and O–H groups in total. The van der Waals surface area contributed by atoms with Crippen LogP contribution in [0.4, 0.5) is 0 Å². The molecule has 0 saturated heterocycles. The number of aryl methyl sites for hydroxylation is 1. The number of hydrogen-bond acceptors (Lipinski definition) is 3. The molecule has 0 heterocycles. The molecule has 0 aliphatic heterocycles. The summed E-state index contributed by atoms with van der Waals surface area (Å²) >= 11 is 0. The second kappa shape index (κ2) is 8.18. The fourth-order valence-electron chi connectivity index (χ4n) is 2.04.